The van der Waals surface area contributed by atoms with Crippen molar-refractivity contribution in [3.05, 3.63) is 63.1 Å². The third kappa shape index (κ3) is 4.58. The number of aromatic amines is 1. The first-order valence-corrected chi connectivity index (χ1v) is 9.93. The molecule has 0 saturated heterocycles. The van der Waals surface area contributed by atoms with Crippen LogP contribution < -0.4 is 5.56 Å². The monoisotopic (exact) mass is 394 g/mol. The van der Waals surface area contributed by atoms with E-state index < -0.39 is 0 Å². The maximum Gasteiger partial charge on any atom is 0.273 e. The lowest BCUT2D eigenvalue weighted by atomic mass is 9.95. The van der Waals surface area contributed by atoms with Crippen molar-refractivity contribution in [2.45, 2.75) is 47.6 Å². The van der Waals surface area contributed by atoms with Crippen LogP contribution in [0.25, 0.3) is 11.0 Å². The molecule has 154 valence electrons. The van der Waals surface area contributed by atoms with Crippen LogP contribution in [-0.4, -0.2) is 32.1 Å². The molecule has 0 aliphatic carbocycles. The number of rotatable bonds is 5. The molecular formula is C23H30N4O2. The zero-order valence-electron chi connectivity index (χ0n) is 18.2. The lowest BCUT2D eigenvalue weighted by Crippen LogP contribution is -2.38. The third-order valence-corrected chi connectivity index (χ3v) is 5.14. The highest BCUT2D eigenvalue weighted by molar-refractivity contribution is 5.84. The van der Waals surface area contributed by atoms with Gasteiger partial charge in [0.1, 0.15) is 0 Å². The number of fused-ring (bicyclic) bond motifs is 1. The summed E-state index contributed by atoms with van der Waals surface area (Å²) in [5.41, 5.74) is 3.99. The fourth-order valence-corrected chi connectivity index (χ4v) is 3.78. The highest BCUT2D eigenvalue weighted by Gasteiger charge is 2.24. The van der Waals surface area contributed by atoms with Crippen molar-refractivity contribution in [1.29, 1.82) is 0 Å². The highest BCUT2D eigenvalue weighted by atomic mass is 16.2. The largest absolute Gasteiger partial charge is 0.338 e. The summed E-state index contributed by atoms with van der Waals surface area (Å²) >= 11 is 0. The minimum absolute atomic E-state index is 0.0205. The van der Waals surface area contributed by atoms with Gasteiger partial charge < -0.3 is 4.90 Å². The number of hydrogen-bond donors (Lipinski definition) is 1. The van der Waals surface area contributed by atoms with Crippen LogP contribution in [0.2, 0.25) is 0 Å². The molecule has 0 bridgehead atoms. The van der Waals surface area contributed by atoms with Crippen LogP contribution in [0.3, 0.4) is 0 Å². The number of aryl methyl sites for hydroxylation is 3. The van der Waals surface area contributed by atoms with Gasteiger partial charge >= 0.3 is 0 Å². The van der Waals surface area contributed by atoms with Crippen LogP contribution in [0.1, 0.15) is 43.2 Å². The average molecular weight is 395 g/mol. The van der Waals surface area contributed by atoms with E-state index in [0.717, 1.165) is 22.4 Å². The molecule has 29 heavy (non-hydrogen) atoms. The summed E-state index contributed by atoms with van der Waals surface area (Å²) in [5.74, 6) is 0.0449. The number of amides is 1. The van der Waals surface area contributed by atoms with Gasteiger partial charge in [-0.1, -0.05) is 51.1 Å². The van der Waals surface area contributed by atoms with E-state index in [1.54, 1.807) is 11.7 Å². The quantitative estimate of drug-likeness (QED) is 0.720. The van der Waals surface area contributed by atoms with Gasteiger partial charge in [0.05, 0.1) is 11.8 Å². The van der Waals surface area contributed by atoms with Crippen molar-refractivity contribution >= 4 is 16.9 Å². The number of pyridine rings is 1. The van der Waals surface area contributed by atoms with E-state index in [1.807, 2.05) is 49.1 Å². The Bertz CT molecular complexity index is 1090. The normalized spacial score (nSPS) is 11.8. The molecule has 0 spiro atoms. The van der Waals surface area contributed by atoms with E-state index in [9.17, 15) is 9.59 Å². The molecule has 1 amide bonds. The standard InChI is InChI=1S/C23H30N4O2/c1-15-18(16(2)24-21-20(15)22(29)25-26(21)6)12-19(28)27(14-23(3,4)5)13-17-10-8-7-9-11-17/h7-11H,12-14H2,1-6H3,(H,25,29). The Morgan fingerprint density at radius 2 is 1.83 bits per heavy atom. The minimum atomic E-state index is -0.169. The van der Waals surface area contributed by atoms with Crippen molar-refractivity contribution in [3.63, 3.8) is 0 Å². The number of benzene rings is 1. The van der Waals surface area contributed by atoms with Crippen molar-refractivity contribution in [3.8, 4) is 0 Å². The van der Waals surface area contributed by atoms with Gasteiger partial charge in [-0.15, -0.1) is 0 Å². The molecule has 1 N–H and O–H groups in total. The minimum Gasteiger partial charge on any atom is -0.338 e. The van der Waals surface area contributed by atoms with Gasteiger partial charge in [-0.2, -0.15) is 0 Å². The zero-order chi connectivity index (χ0) is 21.3. The maximum atomic E-state index is 13.3. The molecule has 6 heteroatoms. The van der Waals surface area contributed by atoms with E-state index in [0.29, 0.717) is 24.1 Å². The Hall–Kier alpha value is -2.89. The average Bonchev–Trinajstić information content (AvgIpc) is 2.91. The van der Waals surface area contributed by atoms with Crippen LogP contribution in [-0.2, 0) is 24.8 Å². The Morgan fingerprint density at radius 1 is 1.17 bits per heavy atom. The number of carbonyl (C=O) groups is 1. The second kappa shape index (κ2) is 7.85. The molecular weight excluding hydrogens is 364 g/mol. The predicted octanol–water partition coefficient (Wildman–Crippen LogP) is 3.50. The lowest BCUT2D eigenvalue weighted by molar-refractivity contribution is -0.132. The smallest absolute Gasteiger partial charge is 0.273 e. The molecule has 2 heterocycles. The number of H-pyrrole nitrogens is 1. The highest BCUT2D eigenvalue weighted by Crippen LogP contribution is 2.23. The summed E-state index contributed by atoms with van der Waals surface area (Å²) in [5, 5.41) is 3.32. The maximum absolute atomic E-state index is 13.3. The van der Waals surface area contributed by atoms with Crippen LogP contribution in [0.15, 0.2) is 35.1 Å². The first-order valence-electron chi connectivity index (χ1n) is 9.93. The van der Waals surface area contributed by atoms with E-state index in [2.05, 4.69) is 30.9 Å². The fraction of sp³-hybridized carbons (Fsp3) is 0.435. The van der Waals surface area contributed by atoms with E-state index in [-0.39, 0.29) is 23.3 Å². The SMILES string of the molecule is Cc1nc2c(c(C)c1CC(=O)N(Cc1ccccc1)CC(C)(C)C)c(=O)[nH]n2C. The molecule has 0 fully saturated rings. The van der Waals surface area contributed by atoms with Crippen molar-refractivity contribution in [2.75, 3.05) is 6.54 Å². The summed E-state index contributed by atoms with van der Waals surface area (Å²) in [4.78, 5) is 32.2. The summed E-state index contributed by atoms with van der Waals surface area (Å²) in [7, 11) is 1.77. The number of nitrogens with one attached hydrogen (secondary N) is 1. The molecule has 3 aromatic rings. The first kappa shape index (κ1) is 20.8. The molecule has 0 aliphatic rings. The third-order valence-electron chi connectivity index (χ3n) is 5.14. The molecule has 0 saturated carbocycles. The summed E-state index contributed by atoms with van der Waals surface area (Å²) in [6.07, 6.45) is 0.234. The van der Waals surface area contributed by atoms with Crippen molar-refractivity contribution < 1.29 is 4.79 Å². The van der Waals surface area contributed by atoms with Gasteiger partial charge in [0, 0.05) is 25.8 Å². The fourth-order valence-electron chi connectivity index (χ4n) is 3.78. The predicted molar refractivity (Wildman–Crippen MR) is 116 cm³/mol. The van der Waals surface area contributed by atoms with E-state index in [4.69, 9.17) is 0 Å². The number of hydrogen-bond acceptors (Lipinski definition) is 3. The summed E-state index contributed by atoms with van der Waals surface area (Å²) in [6.45, 7) is 11.4. The Kier molecular flexibility index (Phi) is 5.64. The van der Waals surface area contributed by atoms with Gasteiger partial charge in [0.2, 0.25) is 5.91 Å². The van der Waals surface area contributed by atoms with Crippen molar-refractivity contribution in [1.82, 2.24) is 19.7 Å². The van der Waals surface area contributed by atoms with Crippen LogP contribution in [0.4, 0.5) is 0 Å². The first-order chi connectivity index (χ1) is 13.6. The van der Waals surface area contributed by atoms with Crippen LogP contribution >= 0.6 is 0 Å². The Morgan fingerprint density at radius 3 is 2.45 bits per heavy atom. The Labute approximate surface area is 171 Å². The topological polar surface area (TPSA) is 71.0 Å². The molecule has 3 rings (SSSR count). The molecule has 0 unspecified atom stereocenters. The molecule has 6 nitrogen and oxygen atoms in total. The van der Waals surface area contributed by atoms with Crippen LogP contribution in [0.5, 0.6) is 0 Å². The molecule has 0 atom stereocenters. The molecule has 2 aromatic heterocycles. The summed E-state index contributed by atoms with van der Waals surface area (Å²) < 4.78 is 1.63. The number of carbonyl (C=O) groups excluding carboxylic acids is 1. The van der Waals surface area contributed by atoms with Crippen molar-refractivity contribution in [2.24, 2.45) is 12.5 Å². The van der Waals surface area contributed by atoms with E-state index in [1.165, 1.54) is 0 Å². The van der Waals surface area contributed by atoms with Crippen LogP contribution in [0, 0.1) is 19.3 Å². The Balaban J connectivity index is 1.95. The second-order valence-corrected chi connectivity index (χ2v) is 8.97. The van der Waals surface area contributed by atoms with Gasteiger partial charge in [0.25, 0.3) is 5.56 Å². The lowest BCUT2D eigenvalue weighted by Gasteiger charge is -2.30. The number of aromatic nitrogens is 3. The zero-order valence-corrected chi connectivity index (χ0v) is 18.2. The van der Waals surface area contributed by atoms with Gasteiger partial charge in [-0.3, -0.25) is 19.4 Å². The van der Waals surface area contributed by atoms with Gasteiger partial charge in [-0.25, -0.2) is 4.98 Å². The number of nitrogens with zero attached hydrogens (tertiary/aromatic N) is 3. The van der Waals surface area contributed by atoms with Gasteiger partial charge in [0.15, 0.2) is 5.65 Å². The molecule has 0 radical (unpaired) electrons. The molecule has 1 aromatic carbocycles. The van der Waals surface area contributed by atoms with E-state index >= 15 is 0 Å². The molecule has 0 aliphatic heterocycles. The second-order valence-electron chi connectivity index (χ2n) is 8.97. The summed E-state index contributed by atoms with van der Waals surface area (Å²) in [6, 6.07) is 10.0. The van der Waals surface area contributed by atoms with Gasteiger partial charge in [-0.05, 0) is 36.0 Å².